The summed E-state index contributed by atoms with van der Waals surface area (Å²) in [5.74, 6) is -1.45. The number of sulfonamides is 1. The van der Waals surface area contributed by atoms with Gasteiger partial charge in [-0.3, -0.25) is 9.59 Å². The number of benzene rings is 2. The number of piperidine rings is 1. The summed E-state index contributed by atoms with van der Waals surface area (Å²) in [6.45, 7) is 4.69. The Balaban J connectivity index is 1.83. The molecule has 1 saturated heterocycles. The lowest BCUT2D eigenvalue weighted by Gasteiger charge is -2.31. The molecule has 3 rings (SSSR count). The normalized spacial score (nSPS) is 16.4. The van der Waals surface area contributed by atoms with E-state index >= 15 is 0 Å². The number of ether oxygens (including phenoxy) is 1. The highest BCUT2D eigenvalue weighted by Crippen LogP contribution is 2.24. The van der Waals surface area contributed by atoms with Gasteiger partial charge in [0.25, 0.3) is 5.91 Å². The maximum absolute atomic E-state index is 13.2. The van der Waals surface area contributed by atoms with Gasteiger partial charge in [-0.1, -0.05) is 62.4 Å². The summed E-state index contributed by atoms with van der Waals surface area (Å²) in [7, 11) is -3.94. The molecule has 0 unspecified atom stereocenters. The van der Waals surface area contributed by atoms with Crippen molar-refractivity contribution >= 4 is 21.9 Å². The quantitative estimate of drug-likeness (QED) is 0.613. The second-order valence-corrected chi connectivity index (χ2v) is 9.98. The van der Waals surface area contributed by atoms with E-state index in [2.05, 4.69) is 4.72 Å². The first kappa shape index (κ1) is 23.9. The molecular formula is C24H30N2O5S. The Bertz CT molecular complexity index is 1000. The molecule has 172 valence electrons. The molecule has 2 atom stereocenters. The van der Waals surface area contributed by atoms with Gasteiger partial charge in [-0.15, -0.1) is 0 Å². The molecule has 2 aromatic carbocycles. The molecule has 0 bridgehead atoms. The Hall–Kier alpha value is -2.71. The van der Waals surface area contributed by atoms with Crippen molar-refractivity contribution in [3.05, 3.63) is 66.2 Å². The highest BCUT2D eigenvalue weighted by Gasteiger charge is 2.35. The molecule has 0 saturated carbocycles. The molecule has 0 radical (unpaired) electrons. The molecule has 1 N–H and O–H groups in total. The van der Waals surface area contributed by atoms with Gasteiger partial charge >= 0.3 is 5.97 Å². The Labute approximate surface area is 189 Å². The number of rotatable bonds is 8. The van der Waals surface area contributed by atoms with Gasteiger partial charge in [0.05, 0.1) is 4.90 Å². The molecule has 1 aliphatic rings. The number of hydrogen-bond donors (Lipinski definition) is 1. The third-order valence-electron chi connectivity index (χ3n) is 5.48. The summed E-state index contributed by atoms with van der Waals surface area (Å²) < 4.78 is 33.7. The van der Waals surface area contributed by atoms with Crippen molar-refractivity contribution in [3.8, 4) is 0 Å². The molecule has 0 spiro atoms. The predicted octanol–water partition coefficient (Wildman–Crippen LogP) is 3.29. The monoisotopic (exact) mass is 458 g/mol. The second kappa shape index (κ2) is 10.7. The summed E-state index contributed by atoms with van der Waals surface area (Å²) >= 11 is 0. The average molecular weight is 459 g/mol. The van der Waals surface area contributed by atoms with Crippen LogP contribution in [0, 0.1) is 5.92 Å². The molecule has 32 heavy (non-hydrogen) atoms. The summed E-state index contributed by atoms with van der Waals surface area (Å²) in [5, 5.41) is 0. The Morgan fingerprint density at radius 1 is 0.906 bits per heavy atom. The lowest BCUT2D eigenvalue weighted by molar-refractivity contribution is -0.163. The van der Waals surface area contributed by atoms with Crippen molar-refractivity contribution in [2.75, 3.05) is 13.1 Å². The number of carbonyl (C=O) groups is 2. The van der Waals surface area contributed by atoms with E-state index in [9.17, 15) is 18.0 Å². The fourth-order valence-corrected chi connectivity index (χ4v) is 5.00. The number of carbonyl (C=O) groups excluding carboxylic acids is 2. The van der Waals surface area contributed by atoms with Gasteiger partial charge in [-0.25, -0.2) is 8.42 Å². The zero-order valence-electron chi connectivity index (χ0n) is 18.4. The van der Waals surface area contributed by atoms with Crippen molar-refractivity contribution < 1.29 is 22.7 Å². The van der Waals surface area contributed by atoms with Crippen molar-refractivity contribution in [2.45, 2.75) is 50.2 Å². The van der Waals surface area contributed by atoms with Crippen LogP contribution in [0.1, 0.15) is 44.8 Å². The molecule has 0 aromatic heterocycles. The molecular weight excluding hydrogens is 428 g/mol. The van der Waals surface area contributed by atoms with Gasteiger partial charge in [0.15, 0.2) is 0 Å². The van der Waals surface area contributed by atoms with E-state index in [4.69, 9.17) is 4.74 Å². The van der Waals surface area contributed by atoms with E-state index in [1.165, 1.54) is 12.1 Å². The third kappa shape index (κ3) is 5.95. The minimum Gasteiger partial charge on any atom is -0.446 e. The summed E-state index contributed by atoms with van der Waals surface area (Å²) in [6.07, 6.45) is 1.76. The van der Waals surface area contributed by atoms with Gasteiger partial charge in [0.2, 0.25) is 16.1 Å². The minimum absolute atomic E-state index is 0.0578. The highest BCUT2D eigenvalue weighted by atomic mass is 32.2. The van der Waals surface area contributed by atoms with Gasteiger partial charge < -0.3 is 9.64 Å². The first-order chi connectivity index (χ1) is 15.3. The lowest BCUT2D eigenvalue weighted by Crippen LogP contribution is -2.47. The van der Waals surface area contributed by atoms with Crippen LogP contribution in [-0.2, 0) is 24.3 Å². The van der Waals surface area contributed by atoms with E-state index in [0.717, 1.165) is 19.3 Å². The lowest BCUT2D eigenvalue weighted by atomic mass is 10.0. The first-order valence-electron chi connectivity index (χ1n) is 10.9. The number of likely N-dealkylation sites (tertiary alicyclic amines) is 1. The van der Waals surface area contributed by atoms with Crippen LogP contribution >= 0.6 is 0 Å². The first-order valence-corrected chi connectivity index (χ1v) is 12.4. The van der Waals surface area contributed by atoms with Crippen LogP contribution in [0.25, 0.3) is 0 Å². The standard InChI is InChI=1S/C24H30N2O5S/c1-18(2)21(25-32(29,30)20-14-8-4-9-15-20)24(28)31-22(19-12-6-3-7-13-19)23(27)26-16-10-5-11-17-26/h3-4,6-9,12-15,18,21-22,25H,5,10-11,16-17H2,1-2H3/t21-,22-/m1/s1. The molecule has 8 heteroatoms. The van der Waals surface area contributed by atoms with Crippen LogP contribution in [0.5, 0.6) is 0 Å². The molecule has 1 heterocycles. The zero-order valence-corrected chi connectivity index (χ0v) is 19.3. The summed E-state index contributed by atoms with van der Waals surface area (Å²) in [5.41, 5.74) is 0.560. The van der Waals surface area contributed by atoms with Crippen LogP contribution in [0.4, 0.5) is 0 Å². The van der Waals surface area contributed by atoms with E-state index in [1.54, 1.807) is 61.2 Å². The molecule has 1 fully saturated rings. The van der Waals surface area contributed by atoms with Crippen molar-refractivity contribution in [1.29, 1.82) is 0 Å². The van der Waals surface area contributed by atoms with E-state index in [1.807, 2.05) is 6.07 Å². The van der Waals surface area contributed by atoms with Crippen LogP contribution in [-0.4, -0.2) is 44.3 Å². The fourth-order valence-electron chi connectivity index (χ4n) is 3.65. The fraction of sp³-hybridized carbons (Fsp3) is 0.417. The topological polar surface area (TPSA) is 92.8 Å². The number of esters is 1. The molecule has 0 aliphatic carbocycles. The molecule has 1 aliphatic heterocycles. The maximum atomic E-state index is 13.2. The van der Waals surface area contributed by atoms with Crippen molar-refractivity contribution in [1.82, 2.24) is 9.62 Å². The number of hydrogen-bond acceptors (Lipinski definition) is 5. The van der Waals surface area contributed by atoms with Crippen molar-refractivity contribution in [2.24, 2.45) is 5.92 Å². The van der Waals surface area contributed by atoms with Gasteiger partial charge in [0, 0.05) is 18.7 Å². The van der Waals surface area contributed by atoms with Crippen LogP contribution in [0.3, 0.4) is 0 Å². The van der Waals surface area contributed by atoms with Crippen LogP contribution < -0.4 is 4.72 Å². The van der Waals surface area contributed by atoms with E-state index in [0.29, 0.717) is 18.7 Å². The zero-order chi connectivity index (χ0) is 23.1. The SMILES string of the molecule is CC(C)[C@@H](NS(=O)(=O)c1ccccc1)C(=O)O[C@@H](C(=O)N1CCCCC1)c1ccccc1. The largest absolute Gasteiger partial charge is 0.446 e. The van der Waals surface area contributed by atoms with Crippen molar-refractivity contribution in [3.63, 3.8) is 0 Å². The maximum Gasteiger partial charge on any atom is 0.325 e. The second-order valence-electron chi connectivity index (χ2n) is 8.27. The summed E-state index contributed by atoms with van der Waals surface area (Å²) in [6, 6.07) is 15.5. The Morgan fingerprint density at radius 2 is 1.47 bits per heavy atom. The Kier molecular flexibility index (Phi) is 8.04. The molecule has 2 aromatic rings. The smallest absolute Gasteiger partial charge is 0.325 e. The third-order valence-corrected chi connectivity index (χ3v) is 6.94. The van der Waals surface area contributed by atoms with Gasteiger partial charge in [-0.2, -0.15) is 4.72 Å². The summed E-state index contributed by atoms with van der Waals surface area (Å²) in [4.78, 5) is 28.2. The predicted molar refractivity (Wildman–Crippen MR) is 121 cm³/mol. The number of amides is 1. The molecule has 7 nitrogen and oxygen atoms in total. The van der Waals surface area contributed by atoms with E-state index in [-0.39, 0.29) is 16.7 Å². The molecule has 1 amide bonds. The highest BCUT2D eigenvalue weighted by molar-refractivity contribution is 7.89. The Morgan fingerprint density at radius 3 is 2.03 bits per heavy atom. The van der Waals surface area contributed by atoms with E-state index < -0.39 is 28.1 Å². The van der Waals surface area contributed by atoms with Gasteiger partial charge in [-0.05, 0) is 37.3 Å². The minimum atomic E-state index is -3.94. The average Bonchev–Trinajstić information content (AvgIpc) is 2.82. The van der Waals surface area contributed by atoms with Crippen LogP contribution in [0.15, 0.2) is 65.6 Å². The number of nitrogens with one attached hydrogen (secondary N) is 1. The van der Waals surface area contributed by atoms with Crippen LogP contribution in [0.2, 0.25) is 0 Å². The van der Waals surface area contributed by atoms with Gasteiger partial charge in [0.1, 0.15) is 6.04 Å². The number of nitrogens with zero attached hydrogens (tertiary/aromatic N) is 1.